The Morgan fingerprint density at radius 1 is 1.14 bits per heavy atom. The van der Waals surface area contributed by atoms with E-state index in [2.05, 4.69) is 18.7 Å². The summed E-state index contributed by atoms with van der Waals surface area (Å²) in [5.41, 5.74) is 0. The van der Waals surface area contributed by atoms with Gasteiger partial charge in [-0.2, -0.15) is 0 Å². The molecular weight excluding hydrogens is 270 g/mol. The maximum Gasteiger partial charge on any atom is 0.320 e. The van der Waals surface area contributed by atoms with Crippen molar-refractivity contribution < 1.29 is 14.3 Å². The molecule has 2 aliphatic heterocycles. The third-order valence-corrected chi connectivity index (χ3v) is 4.42. The van der Waals surface area contributed by atoms with E-state index < -0.39 is 0 Å². The summed E-state index contributed by atoms with van der Waals surface area (Å²) in [4.78, 5) is 19.0. The summed E-state index contributed by atoms with van der Waals surface area (Å²) in [5, 5.41) is 0. The molecule has 0 radical (unpaired) electrons. The predicted molar refractivity (Wildman–Crippen MR) is 81.5 cm³/mol. The van der Waals surface area contributed by atoms with Crippen LogP contribution in [-0.4, -0.2) is 92.5 Å². The fourth-order valence-corrected chi connectivity index (χ4v) is 3.30. The fraction of sp³-hybridized carbons (Fsp3) is 0.933. The van der Waals surface area contributed by atoms with Gasteiger partial charge in [-0.1, -0.05) is 0 Å². The van der Waals surface area contributed by atoms with Crippen LogP contribution in [0.15, 0.2) is 0 Å². The molecule has 0 N–H and O–H groups in total. The number of morpholine rings is 1. The quantitative estimate of drug-likeness (QED) is 0.723. The smallest absolute Gasteiger partial charge is 0.320 e. The molecule has 2 rings (SSSR count). The zero-order valence-electron chi connectivity index (χ0n) is 13.6. The molecule has 0 bridgehead atoms. The summed E-state index contributed by atoms with van der Waals surface area (Å²) in [5.74, 6) is 0. The Kier molecular flexibility index (Phi) is 6.26. The van der Waals surface area contributed by atoms with Gasteiger partial charge in [-0.15, -0.1) is 0 Å². The lowest BCUT2D eigenvalue weighted by atomic mass is 10.1. The molecule has 122 valence electrons. The molecule has 0 aliphatic carbocycles. The molecule has 6 heteroatoms. The average Bonchev–Trinajstić information content (AvgIpc) is 2.50. The van der Waals surface area contributed by atoms with Crippen molar-refractivity contribution in [3.8, 4) is 0 Å². The zero-order chi connectivity index (χ0) is 15.2. The Labute approximate surface area is 128 Å². The number of carbonyl (C=O) groups is 1. The van der Waals surface area contributed by atoms with Gasteiger partial charge in [0.1, 0.15) is 0 Å². The van der Waals surface area contributed by atoms with Crippen LogP contribution in [0.25, 0.3) is 0 Å². The Hall–Kier alpha value is -0.850. The Balaban J connectivity index is 1.86. The van der Waals surface area contributed by atoms with Crippen LogP contribution in [0.4, 0.5) is 4.79 Å². The van der Waals surface area contributed by atoms with Crippen LogP contribution in [0.1, 0.15) is 20.3 Å². The lowest BCUT2D eigenvalue weighted by molar-refractivity contribution is 0.0166. The number of methoxy groups -OCH3 is 1. The van der Waals surface area contributed by atoms with Gasteiger partial charge in [0.15, 0.2) is 0 Å². The van der Waals surface area contributed by atoms with Crippen LogP contribution in [0.2, 0.25) is 0 Å². The van der Waals surface area contributed by atoms with E-state index in [1.54, 1.807) is 7.11 Å². The predicted octanol–water partition coefficient (Wildman–Crippen LogP) is 0.870. The Morgan fingerprint density at radius 3 is 2.33 bits per heavy atom. The molecule has 2 amide bonds. The number of hydrogen-bond acceptors (Lipinski definition) is 4. The molecule has 0 spiro atoms. The maximum absolute atomic E-state index is 12.6. The summed E-state index contributed by atoms with van der Waals surface area (Å²) in [7, 11) is 1.74. The molecule has 0 aromatic rings. The van der Waals surface area contributed by atoms with Gasteiger partial charge in [-0.25, -0.2) is 4.79 Å². The minimum atomic E-state index is 0.175. The summed E-state index contributed by atoms with van der Waals surface area (Å²) in [6, 6.07) is 0.972. The summed E-state index contributed by atoms with van der Waals surface area (Å²) >= 11 is 0. The van der Waals surface area contributed by atoms with E-state index in [1.165, 1.54) is 0 Å². The highest BCUT2D eigenvalue weighted by atomic mass is 16.5. The van der Waals surface area contributed by atoms with E-state index in [1.807, 2.05) is 9.80 Å². The van der Waals surface area contributed by atoms with Crippen molar-refractivity contribution in [1.82, 2.24) is 14.7 Å². The number of nitrogens with zero attached hydrogens (tertiary/aromatic N) is 3. The number of ether oxygens (including phenoxy) is 2. The lowest BCUT2D eigenvalue weighted by Gasteiger charge is -2.46. The minimum absolute atomic E-state index is 0.175. The molecule has 2 heterocycles. The van der Waals surface area contributed by atoms with E-state index in [0.29, 0.717) is 25.3 Å². The topological polar surface area (TPSA) is 45.2 Å². The van der Waals surface area contributed by atoms with Gasteiger partial charge in [-0.3, -0.25) is 4.90 Å². The standard InChI is InChI=1S/C15H29N3O3/c1-13-11-17(15(19)16-6-9-21-10-7-16)12-14(2)18(13)5-4-8-20-3/h13-14H,4-12H2,1-3H3. The number of piperazine rings is 1. The third-order valence-electron chi connectivity index (χ3n) is 4.42. The van der Waals surface area contributed by atoms with Crippen molar-refractivity contribution >= 4 is 6.03 Å². The minimum Gasteiger partial charge on any atom is -0.385 e. The van der Waals surface area contributed by atoms with Crippen LogP contribution in [-0.2, 0) is 9.47 Å². The molecule has 6 nitrogen and oxygen atoms in total. The highest BCUT2D eigenvalue weighted by Gasteiger charge is 2.33. The summed E-state index contributed by atoms with van der Waals surface area (Å²) in [6.45, 7) is 10.6. The first-order valence-corrected chi connectivity index (χ1v) is 7.99. The van der Waals surface area contributed by atoms with Crippen molar-refractivity contribution in [2.24, 2.45) is 0 Å². The van der Waals surface area contributed by atoms with Crippen LogP contribution in [0.5, 0.6) is 0 Å². The lowest BCUT2D eigenvalue weighted by Crippen LogP contribution is -2.61. The number of hydrogen-bond donors (Lipinski definition) is 0. The number of carbonyl (C=O) groups excluding carboxylic acids is 1. The van der Waals surface area contributed by atoms with Gasteiger partial charge in [0.05, 0.1) is 13.2 Å². The second kappa shape index (κ2) is 7.96. The molecule has 2 unspecified atom stereocenters. The second-order valence-corrected chi connectivity index (χ2v) is 6.07. The van der Waals surface area contributed by atoms with Crippen molar-refractivity contribution in [1.29, 1.82) is 0 Å². The molecule has 0 aromatic heterocycles. The molecule has 2 fully saturated rings. The van der Waals surface area contributed by atoms with Crippen LogP contribution >= 0.6 is 0 Å². The van der Waals surface area contributed by atoms with E-state index in [-0.39, 0.29) is 6.03 Å². The number of rotatable bonds is 4. The molecule has 21 heavy (non-hydrogen) atoms. The Morgan fingerprint density at radius 2 is 1.76 bits per heavy atom. The third kappa shape index (κ3) is 4.31. The first kappa shape index (κ1) is 16.5. The summed E-state index contributed by atoms with van der Waals surface area (Å²) < 4.78 is 10.5. The fourth-order valence-electron chi connectivity index (χ4n) is 3.30. The molecule has 0 aromatic carbocycles. The average molecular weight is 299 g/mol. The highest BCUT2D eigenvalue weighted by Crippen LogP contribution is 2.18. The van der Waals surface area contributed by atoms with Crippen LogP contribution in [0.3, 0.4) is 0 Å². The summed E-state index contributed by atoms with van der Waals surface area (Å²) in [6.07, 6.45) is 1.04. The normalized spacial score (nSPS) is 28.0. The van der Waals surface area contributed by atoms with E-state index >= 15 is 0 Å². The molecular formula is C15H29N3O3. The largest absolute Gasteiger partial charge is 0.385 e. The molecule has 0 saturated carbocycles. The van der Waals surface area contributed by atoms with Crippen LogP contribution < -0.4 is 0 Å². The zero-order valence-corrected chi connectivity index (χ0v) is 13.6. The van der Waals surface area contributed by atoms with Crippen molar-refractivity contribution in [3.63, 3.8) is 0 Å². The van der Waals surface area contributed by atoms with Crippen LogP contribution in [0, 0.1) is 0 Å². The van der Waals surface area contributed by atoms with Gasteiger partial charge < -0.3 is 19.3 Å². The van der Waals surface area contributed by atoms with Crippen molar-refractivity contribution in [2.75, 3.05) is 59.7 Å². The van der Waals surface area contributed by atoms with Gasteiger partial charge in [0.25, 0.3) is 0 Å². The first-order valence-electron chi connectivity index (χ1n) is 7.99. The molecule has 2 atom stereocenters. The van der Waals surface area contributed by atoms with E-state index in [0.717, 1.165) is 45.8 Å². The number of urea groups is 1. The highest BCUT2D eigenvalue weighted by molar-refractivity contribution is 5.74. The molecule has 2 saturated heterocycles. The SMILES string of the molecule is COCCCN1C(C)CN(C(=O)N2CCOCC2)CC1C. The monoisotopic (exact) mass is 299 g/mol. The maximum atomic E-state index is 12.6. The van der Waals surface area contributed by atoms with E-state index in [9.17, 15) is 4.79 Å². The Bertz CT molecular complexity index is 322. The first-order chi connectivity index (χ1) is 10.1. The van der Waals surface area contributed by atoms with Gasteiger partial charge >= 0.3 is 6.03 Å². The molecule has 2 aliphatic rings. The van der Waals surface area contributed by atoms with Crippen molar-refractivity contribution in [2.45, 2.75) is 32.4 Å². The van der Waals surface area contributed by atoms with Gasteiger partial charge in [0.2, 0.25) is 0 Å². The van der Waals surface area contributed by atoms with Gasteiger partial charge in [-0.05, 0) is 20.3 Å². The number of amides is 2. The van der Waals surface area contributed by atoms with Crippen molar-refractivity contribution in [3.05, 3.63) is 0 Å². The van der Waals surface area contributed by atoms with Gasteiger partial charge in [0, 0.05) is 58.5 Å². The van der Waals surface area contributed by atoms with E-state index in [4.69, 9.17) is 9.47 Å². The second-order valence-electron chi connectivity index (χ2n) is 6.07.